The zero-order valence-corrected chi connectivity index (χ0v) is 12.1. The highest BCUT2D eigenvalue weighted by Crippen LogP contribution is 2.08. The van der Waals surface area contributed by atoms with Gasteiger partial charge in [0.15, 0.2) is 0 Å². The van der Waals surface area contributed by atoms with Gasteiger partial charge in [-0.3, -0.25) is 0 Å². The van der Waals surface area contributed by atoms with Crippen LogP contribution in [0.5, 0.6) is 0 Å². The van der Waals surface area contributed by atoms with Crippen molar-refractivity contribution in [2.75, 3.05) is 0 Å². The summed E-state index contributed by atoms with van der Waals surface area (Å²) in [6.07, 6.45) is 16.0. The Morgan fingerprint density at radius 1 is 1.06 bits per heavy atom. The fourth-order valence-electron chi connectivity index (χ4n) is 1.33. The van der Waals surface area contributed by atoms with E-state index in [0.717, 1.165) is 25.7 Å². The maximum Gasteiger partial charge on any atom is 0.330 e. The summed E-state index contributed by atoms with van der Waals surface area (Å²) in [6.45, 7) is 7.62. The van der Waals surface area contributed by atoms with Crippen LogP contribution in [0.25, 0.3) is 0 Å². The minimum atomic E-state index is -0.404. The van der Waals surface area contributed by atoms with E-state index in [1.54, 1.807) is 0 Å². The van der Waals surface area contributed by atoms with Crippen LogP contribution < -0.4 is 0 Å². The Balaban J connectivity index is 3.57. The highest BCUT2D eigenvalue weighted by atomic mass is 16.6. The van der Waals surface area contributed by atoms with E-state index in [1.165, 1.54) is 6.08 Å². The topological polar surface area (TPSA) is 26.3 Å². The van der Waals surface area contributed by atoms with Gasteiger partial charge in [-0.15, -0.1) is 0 Å². The predicted octanol–water partition coefficient (Wildman–Crippen LogP) is 4.58. The summed E-state index contributed by atoms with van der Waals surface area (Å²) in [6, 6.07) is 0. The van der Waals surface area contributed by atoms with Crippen molar-refractivity contribution in [3.8, 4) is 0 Å². The Labute approximate surface area is 111 Å². The molecule has 0 amide bonds. The Bertz CT molecular complexity index is 304. The fourth-order valence-corrected chi connectivity index (χ4v) is 1.33. The number of allylic oxidation sites excluding steroid dienone is 5. The second-order valence-electron chi connectivity index (χ2n) is 5.17. The zero-order chi connectivity index (χ0) is 13.9. The molecule has 0 aliphatic carbocycles. The molecule has 0 aliphatic heterocycles. The molecule has 0 bridgehead atoms. The first-order valence-electron chi connectivity index (χ1n) is 6.63. The smallest absolute Gasteiger partial charge is 0.330 e. The van der Waals surface area contributed by atoms with Crippen LogP contribution in [0.15, 0.2) is 36.5 Å². The first kappa shape index (κ1) is 16.7. The van der Waals surface area contributed by atoms with E-state index in [1.807, 2.05) is 45.9 Å². The Morgan fingerprint density at radius 2 is 1.67 bits per heavy atom. The molecule has 0 aromatic rings. The molecule has 2 nitrogen and oxygen atoms in total. The molecule has 0 unspecified atom stereocenters. The second-order valence-corrected chi connectivity index (χ2v) is 5.17. The third-order valence-electron chi connectivity index (χ3n) is 2.09. The number of rotatable bonds is 7. The molecule has 0 aromatic carbocycles. The van der Waals surface area contributed by atoms with Gasteiger partial charge in [0.05, 0.1) is 0 Å². The summed E-state index contributed by atoms with van der Waals surface area (Å²) in [5.41, 5.74) is -0.404. The Kier molecular flexibility index (Phi) is 8.99. The van der Waals surface area contributed by atoms with Crippen molar-refractivity contribution < 1.29 is 9.53 Å². The maximum atomic E-state index is 11.3. The molecule has 18 heavy (non-hydrogen) atoms. The summed E-state index contributed by atoms with van der Waals surface area (Å²) in [5.74, 6) is -0.254. The lowest BCUT2D eigenvalue weighted by Gasteiger charge is -2.17. The van der Waals surface area contributed by atoms with Gasteiger partial charge in [0.1, 0.15) is 5.60 Å². The first-order chi connectivity index (χ1) is 8.45. The van der Waals surface area contributed by atoms with Crippen molar-refractivity contribution in [2.45, 2.75) is 59.0 Å². The molecule has 2 heteroatoms. The summed E-state index contributed by atoms with van der Waals surface area (Å²) >= 11 is 0. The second kappa shape index (κ2) is 9.69. The standard InChI is InChI=1S/C16H26O2/c1-5-6-7-8-9-10-11-12-13-14-15(17)18-16(2,3)4/h5-8,13-14H,9-12H2,1-4H3/b6-5+,8-7+,14-13+. The average Bonchev–Trinajstić information content (AvgIpc) is 2.24. The lowest BCUT2D eigenvalue weighted by Crippen LogP contribution is -2.22. The van der Waals surface area contributed by atoms with Crippen LogP contribution in [0, 0.1) is 0 Å². The first-order valence-corrected chi connectivity index (χ1v) is 6.63. The fraction of sp³-hybridized carbons (Fsp3) is 0.562. The summed E-state index contributed by atoms with van der Waals surface area (Å²) in [5, 5.41) is 0. The number of carbonyl (C=O) groups is 1. The van der Waals surface area contributed by atoms with E-state index in [0.29, 0.717) is 0 Å². The normalized spacial score (nSPS) is 12.9. The Morgan fingerprint density at radius 3 is 2.22 bits per heavy atom. The highest BCUT2D eigenvalue weighted by Gasteiger charge is 2.13. The molecule has 0 radical (unpaired) electrons. The van der Waals surface area contributed by atoms with E-state index in [9.17, 15) is 4.79 Å². The van der Waals surface area contributed by atoms with Crippen molar-refractivity contribution in [2.24, 2.45) is 0 Å². The molecule has 0 fully saturated rings. The Hall–Kier alpha value is -1.31. The number of ether oxygens (including phenoxy) is 1. The van der Waals surface area contributed by atoms with Crippen molar-refractivity contribution in [3.63, 3.8) is 0 Å². The third-order valence-corrected chi connectivity index (χ3v) is 2.09. The molecule has 0 saturated heterocycles. The molecule has 0 atom stereocenters. The van der Waals surface area contributed by atoms with Gasteiger partial charge in [0.25, 0.3) is 0 Å². The average molecular weight is 250 g/mol. The quantitative estimate of drug-likeness (QED) is 0.286. The van der Waals surface area contributed by atoms with Crippen LogP contribution in [0.3, 0.4) is 0 Å². The molecule has 0 aromatic heterocycles. The van der Waals surface area contributed by atoms with Crippen molar-refractivity contribution >= 4 is 5.97 Å². The van der Waals surface area contributed by atoms with Crippen LogP contribution in [0.4, 0.5) is 0 Å². The molecule has 0 heterocycles. The third kappa shape index (κ3) is 12.8. The predicted molar refractivity (Wildman–Crippen MR) is 77.4 cm³/mol. The monoisotopic (exact) mass is 250 g/mol. The molecule has 0 N–H and O–H groups in total. The van der Waals surface area contributed by atoms with Crippen LogP contribution in [0.1, 0.15) is 53.4 Å². The number of unbranched alkanes of at least 4 members (excludes halogenated alkanes) is 3. The maximum absolute atomic E-state index is 11.3. The van der Waals surface area contributed by atoms with Gasteiger partial charge in [-0.2, -0.15) is 0 Å². The summed E-state index contributed by atoms with van der Waals surface area (Å²) < 4.78 is 5.17. The lowest BCUT2D eigenvalue weighted by atomic mass is 10.1. The molecular weight excluding hydrogens is 224 g/mol. The van der Waals surface area contributed by atoms with Gasteiger partial charge in [0.2, 0.25) is 0 Å². The minimum Gasteiger partial charge on any atom is -0.457 e. The van der Waals surface area contributed by atoms with Gasteiger partial charge < -0.3 is 4.74 Å². The number of carbonyl (C=O) groups excluding carboxylic acids is 1. The van der Waals surface area contributed by atoms with E-state index in [4.69, 9.17) is 4.74 Å². The largest absolute Gasteiger partial charge is 0.457 e. The highest BCUT2D eigenvalue weighted by molar-refractivity contribution is 5.82. The van der Waals surface area contributed by atoms with Gasteiger partial charge in [-0.25, -0.2) is 4.79 Å². The number of hydrogen-bond acceptors (Lipinski definition) is 2. The molecular formula is C16H26O2. The molecule has 102 valence electrons. The van der Waals surface area contributed by atoms with Gasteiger partial charge >= 0.3 is 5.97 Å². The van der Waals surface area contributed by atoms with E-state index in [-0.39, 0.29) is 5.97 Å². The van der Waals surface area contributed by atoms with E-state index < -0.39 is 5.60 Å². The van der Waals surface area contributed by atoms with Crippen LogP contribution in [-0.2, 0) is 9.53 Å². The number of hydrogen-bond donors (Lipinski definition) is 0. The zero-order valence-electron chi connectivity index (χ0n) is 12.1. The summed E-state index contributed by atoms with van der Waals surface area (Å²) in [7, 11) is 0. The minimum absolute atomic E-state index is 0.254. The molecule has 0 spiro atoms. The lowest BCUT2D eigenvalue weighted by molar-refractivity contribution is -0.148. The number of esters is 1. The summed E-state index contributed by atoms with van der Waals surface area (Å²) in [4.78, 5) is 11.3. The van der Waals surface area contributed by atoms with Crippen LogP contribution >= 0.6 is 0 Å². The van der Waals surface area contributed by atoms with Gasteiger partial charge in [0, 0.05) is 6.08 Å². The van der Waals surface area contributed by atoms with Crippen LogP contribution in [0.2, 0.25) is 0 Å². The van der Waals surface area contributed by atoms with Crippen molar-refractivity contribution in [3.05, 3.63) is 36.5 Å². The van der Waals surface area contributed by atoms with E-state index in [2.05, 4.69) is 12.2 Å². The molecule has 0 aliphatic rings. The van der Waals surface area contributed by atoms with Gasteiger partial charge in [-0.1, -0.05) is 30.4 Å². The van der Waals surface area contributed by atoms with Crippen molar-refractivity contribution in [1.29, 1.82) is 0 Å². The molecule has 0 saturated carbocycles. The molecule has 0 rings (SSSR count). The van der Waals surface area contributed by atoms with Crippen molar-refractivity contribution in [1.82, 2.24) is 0 Å². The van der Waals surface area contributed by atoms with E-state index >= 15 is 0 Å². The van der Waals surface area contributed by atoms with Gasteiger partial charge in [-0.05, 0) is 53.4 Å². The SMILES string of the molecule is C/C=C/C=C/CCCC/C=C/C(=O)OC(C)(C)C. The van der Waals surface area contributed by atoms with Crippen LogP contribution in [-0.4, -0.2) is 11.6 Å².